The first-order chi connectivity index (χ1) is 35.7. The Kier molecular flexibility index (Phi) is 10.7. The van der Waals surface area contributed by atoms with Crippen molar-refractivity contribution in [2.45, 2.75) is 26.7 Å². The van der Waals surface area contributed by atoms with Gasteiger partial charge in [-0.3, -0.25) is 0 Å². The molecule has 11 aromatic rings. The molecule has 4 nitrogen and oxygen atoms in total. The molecule has 2 heterocycles. The van der Waals surface area contributed by atoms with E-state index in [9.17, 15) is 0 Å². The highest BCUT2D eigenvalue weighted by Crippen LogP contribution is 2.47. The number of rotatable bonds is 6. The monoisotopic (exact) mass is 939 g/mol. The van der Waals surface area contributed by atoms with Crippen LogP contribution in [0.1, 0.15) is 31.9 Å². The van der Waals surface area contributed by atoms with Crippen LogP contribution in [0, 0.1) is 5.92 Å². The average Bonchev–Trinajstić information content (AvgIpc) is 3.82. The van der Waals surface area contributed by atoms with Crippen LogP contribution in [0.4, 0.5) is 28.4 Å². The van der Waals surface area contributed by atoms with Gasteiger partial charge in [-0.1, -0.05) is 190 Å². The lowest BCUT2D eigenvalue weighted by Gasteiger charge is -2.41. The third-order valence-corrected chi connectivity index (χ3v) is 15.5. The molecule has 0 radical (unpaired) electrons. The molecule has 2 aliphatic rings. The first kappa shape index (κ1) is 44.3. The van der Waals surface area contributed by atoms with E-state index in [4.69, 9.17) is 10.2 Å². The van der Waals surface area contributed by atoms with Crippen molar-refractivity contribution in [2.75, 3.05) is 16.8 Å². The third kappa shape index (κ3) is 7.33. The lowest BCUT2D eigenvalue weighted by molar-refractivity contribution is 0.670. The van der Waals surface area contributed by atoms with E-state index >= 15 is 0 Å². The first-order valence-corrected chi connectivity index (χ1v) is 25.5. The molecule has 0 saturated heterocycles. The summed E-state index contributed by atoms with van der Waals surface area (Å²) in [6, 6.07) is 68.9. The summed E-state index contributed by atoms with van der Waals surface area (Å²) >= 11 is 0. The third-order valence-electron chi connectivity index (χ3n) is 15.5. The van der Waals surface area contributed by atoms with E-state index in [1.165, 1.54) is 48.9 Å². The highest BCUT2D eigenvalue weighted by molar-refractivity contribution is 6.90. The summed E-state index contributed by atoms with van der Waals surface area (Å²) in [6.45, 7) is 11.0. The minimum atomic E-state index is -0.259. The number of nitrogens with zero attached hydrogens (tertiary/aromatic N) is 2. The van der Waals surface area contributed by atoms with Gasteiger partial charge in [-0.2, -0.15) is 0 Å². The van der Waals surface area contributed by atoms with Gasteiger partial charge in [0.25, 0.3) is 0 Å². The van der Waals surface area contributed by atoms with E-state index in [-0.39, 0.29) is 12.7 Å². The Morgan fingerprint density at radius 2 is 1.27 bits per heavy atom. The summed E-state index contributed by atoms with van der Waals surface area (Å²) in [7, 11) is 2.21. The number of hydrogen-bond acceptors (Lipinski definition) is 4. The molecule has 0 saturated carbocycles. The number of para-hydroxylation sites is 2. The molecule has 5 heteroatoms. The predicted octanol–water partition coefficient (Wildman–Crippen LogP) is 16.6. The molecule has 73 heavy (non-hydrogen) atoms. The van der Waals surface area contributed by atoms with Gasteiger partial charge in [-0.25, -0.2) is 0 Å². The van der Waals surface area contributed by atoms with Crippen LogP contribution in [0.15, 0.2) is 229 Å². The number of furan rings is 1. The molecule has 2 unspecified atom stereocenters. The Bertz CT molecular complexity index is 4120. The quantitative estimate of drug-likeness (QED) is 0.133. The molecule has 0 fully saturated rings. The van der Waals surface area contributed by atoms with Gasteiger partial charge in [0, 0.05) is 51.8 Å². The molecular weight excluding hydrogens is 886 g/mol. The second-order valence-electron chi connectivity index (χ2n) is 20.1. The normalized spacial score (nSPS) is 16.5. The molecule has 1 aromatic heterocycles. The Balaban J connectivity index is 1.12. The molecule has 0 amide bonds. The standard InChI is InChI=1S/C68H54BN3O/c1-42-18-9-10-19-43(2)60-40-49(31-33-51(60)44(3)36-42)71(5)64-38-48(52-27-17-28-59-58-26-15-16-29-66(58)73-68(52)59)39-65-67(64)69(45(4)70)62-37-47(46-20-7-6-8-21-46)30-35-63(62)72(65)50-32-34-57-55-24-12-11-22-53(55)54-23-13-14-25-56(54)61(57)41-50/h6-42,45H,2,70H2,1,3-5H3/b18-9-,19-10-,44-36+. The SMILES string of the molecule is C=C1/C=C\C=C/C(C)/C=C(\C)c2ccc(N(C)c3cc(-c4cccc5c4oc4ccccc45)cc4c3B(C(C)N)c3cc(-c5ccccc5)ccc3N4c3ccc4c5ccccc5c5ccccc5c4c3)cc21. The molecule has 1 aliphatic heterocycles. The summed E-state index contributed by atoms with van der Waals surface area (Å²) < 4.78 is 6.83. The smallest absolute Gasteiger partial charge is 0.234 e. The number of nitrogens with two attached hydrogens (primary N) is 1. The van der Waals surface area contributed by atoms with Gasteiger partial charge in [-0.15, -0.1) is 0 Å². The van der Waals surface area contributed by atoms with Gasteiger partial charge in [0.1, 0.15) is 11.2 Å². The summed E-state index contributed by atoms with van der Waals surface area (Å²) in [4.78, 5) is 4.88. The van der Waals surface area contributed by atoms with Crippen molar-refractivity contribution in [1.29, 1.82) is 0 Å². The minimum absolute atomic E-state index is 0.184. The van der Waals surface area contributed by atoms with Crippen molar-refractivity contribution >= 4 is 111 Å². The molecule has 1 aliphatic carbocycles. The van der Waals surface area contributed by atoms with Crippen LogP contribution in [0.3, 0.4) is 0 Å². The maximum atomic E-state index is 7.45. The number of benzene rings is 10. The predicted molar refractivity (Wildman–Crippen MR) is 315 cm³/mol. The van der Waals surface area contributed by atoms with Crippen LogP contribution in [-0.2, 0) is 0 Å². The van der Waals surface area contributed by atoms with Crippen LogP contribution in [0.2, 0.25) is 0 Å². The number of hydrogen-bond donors (Lipinski definition) is 1. The second-order valence-corrected chi connectivity index (χ2v) is 20.1. The van der Waals surface area contributed by atoms with E-state index in [1.54, 1.807) is 0 Å². The van der Waals surface area contributed by atoms with Crippen molar-refractivity contribution in [3.63, 3.8) is 0 Å². The number of fused-ring (bicyclic) bond motifs is 12. The molecule has 13 rings (SSSR count). The topological polar surface area (TPSA) is 45.6 Å². The highest BCUT2D eigenvalue weighted by Gasteiger charge is 2.40. The average molecular weight is 940 g/mol. The molecular formula is C68H54BN3O. The van der Waals surface area contributed by atoms with Crippen molar-refractivity contribution in [3.8, 4) is 22.3 Å². The van der Waals surface area contributed by atoms with E-state index in [0.29, 0.717) is 5.92 Å². The van der Waals surface area contributed by atoms with E-state index in [1.807, 2.05) is 6.07 Å². The zero-order valence-electron chi connectivity index (χ0n) is 41.6. The largest absolute Gasteiger partial charge is 0.455 e. The fraction of sp³-hybridized carbons (Fsp3) is 0.0882. The lowest BCUT2D eigenvalue weighted by atomic mass is 9.34. The van der Waals surface area contributed by atoms with E-state index in [2.05, 4.69) is 257 Å². The molecule has 10 aromatic carbocycles. The van der Waals surface area contributed by atoms with Crippen molar-refractivity contribution in [2.24, 2.45) is 11.7 Å². The molecule has 2 N–H and O–H groups in total. The van der Waals surface area contributed by atoms with Crippen LogP contribution >= 0.6 is 0 Å². The number of allylic oxidation sites excluding steroid dienone is 7. The molecule has 0 bridgehead atoms. The van der Waals surface area contributed by atoms with Gasteiger partial charge in [0.15, 0.2) is 0 Å². The zero-order valence-corrected chi connectivity index (χ0v) is 41.6. The second kappa shape index (κ2) is 17.6. The number of anilines is 5. The van der Waals surface area contributed by atoms with Gasteiger partial charge < -0.3 is 20.0 Å². The summed E-state index contributed by atoms with van der Waals surface area (Å²) in [5.74, 6) is 0.0337. The summed E-state index contributed by atoms with van der Waals surface area (Å²) in [5.41, 5.74) is 25.7. The van der Waals surface area contributed by atoms with Gasteiger partial charge in [0.2, 0.25) is 6.71 Å². The molecule has 350 valence electrons. The first-order valence-electron chi connectivity index (χ1n) is 25.5. The summed E-state index contributed by atoms with van der Waals surface area (Å²) in [5, 5.41) is 9.60. The zero-order chi connectivity index (χ0) is 49.5. The minimum Gasteiger partial charge on any atom is -0.455 e. The Labute approximate surface area is 427 Å². The maximum Gasteiger partial charge on any atom is 0.234 e. The van der Waals surface area contributed by atoms with Crippen molar-refractivity contribution in [1.82, 2.24) is 0 Å². The highest BCUT2D eigenvalue weighted by atomic mass is 16.3. The fourth-order valence-electron chi connectivity index (χ4n) is 12.0. The van der Waals surface area contributed by atoms with Crippen LogP contribution in [0.25, 0.3) is 87.7 Å². The van der Waals surface area contributed by atoms with Gasteiger partial charge in [0.05, 0.1) is 0 Å². The van der Waals surface area contributed by atoms with E-state index in [0.717, 1.165) is 89.2 Å². The van der Waals surface area contributed by atoms with Crippen LogP contribution in [-0.4, -0.2) is 19.7 Å². The maximum absolute atomic E-state index is 7.45. The Morgan fingerprint density at radius 3 is 2.03 bits per heavy atom. The van der Waals surface area contributed by atoms with Gasteiger partial charge >= 0.3 is 0 Å². The Morgan fingerprint density at radius 1 is 0.589 bits per heavy atom. The van der Waals surface area contributed by atoms with Crippen LogP contribution in [0.5, 0.6) is 0 Å². The molecule has 0 spiro atoms. The fourth-order valence-corrected chi connectivity index (χ4v) is 12.0. The van der Waals surface area contributed by atoms with Gasteiger partial charge in [-0.05, 0) is 150 Å². The lowest BCUT2D eigenvalue weighted by Crippen LogP contribution is -2.59. The van der Waals surface area contributed by atoms with Crippen LogP contribution < -0.4 is 26.5 Å². The molecule has 2 atom stereocenters. The van der Waals surface area contributed by atoms with Crippen molar-refractivity contribution < 1.29 is 4.42 Å². The summed E-state index contributed by atoms with van der Waals surface area (Å²) in [6.07, 6.45) is 10.9. The van der Waals surface area contributed by atoms with Crippen molar-refractivity contribution in [3.05, 3.63) is 236 Å². The van der Waals surface area contributed by atoms with E-state index < -0.39 is 0 Å². The Hall–Kier alpha value is -8.64.